The number of nitrogens with zero attached hydrogens (tertiary/aromatic N) is 1. The van der Waals surface area contributed by atoms with Gasteiger partial charge in [-0.15, -0.1) is 0 Å². The number of carboxylic acid groups (broad SMARTS) is 1. The van der Waals surface area contributed by atoms with Gasteiger partial charge < -0.3 is 24.3 Å². The van der Waals surface area contributed by atoms with E-state index >= 15 is 0 Å². The van der Waals surface area contributed by atoms with E-state index in [1.165, 1.54) is 11.9 Å². The Morgan fingerprint density at radius 1 is 1.29 bits per heavy atom. The van der Waals surface area contributed by atoms with Gasteiger partial charge in [0, 0.05) is 19.7 Å². The van der Waals surface area contributed by atoms with E-state index in [1.54, 1.807) is 0 Å². The van der Waals surface area contributed by atoms with Crippen molar-refractivity contribution in [1.82, 2.24) is 4.90 Å². The van der Waals surface area contributed by atoms with Gasteiger partial charge in [0.2, 0.25) is 0 Å². The van der Waals surface area contributed by atoms with Crippen LogP contribution in [0.25, 0.3) is 0 Å². The third kappa shape index (κ3) is 4.94. The van der Waals surface area contributed by atoms with Gasteiger partial charge in [-0.25, -0.2) is 4.79 Å². The molecule has 1 aromatic carbocycles. The van der Waals surface area contributed by atoms with Crippen LogP contribution in [0.15, 0.2) is 47.1 Å². The average molecular weight is 333 g/mol. The standard InChI is InChI=1S/C17H19NO6/c1-18(16(20)15-7-13(10-24-15)17(21)22)8-14(19)11-23-9-12-5-3-2-4-6-12/h2-7,10,14,19H,8-9,11H2,1H3,(H,21,22). The Labute approximate surface area is 139 Å². The summed E-state index contributed by atoms with van der Waals surface area (Å²) in [6.45, 7) is 0.484. The van der Waals surface area contributed by atoms with Crippen molar-refractivity contribution in [2.24, 2.45) is 0 Å². The number of aliphatic hydroxyl groups excluding tert-OH is 1. The summed E-state index contributed by atoms with van der Waals surface area (Å²) in [6.07, 6.45) is 0.138. The Morgan fingerprint density at radius 3 is 2.62 bits per heavy atom. The number of benzene rings is 1. The van der Waals surface area contributed by atoms with Crippen LogP contribution >= 0.6 is 0 Å². The third-order valence-corrected chi connectivity index (χ3v) is 3.31. The summed E-state index contributed by atoms with van der Waals surface area (Å²) >= 11 is 0. The molecule has 0 fully saturated rings. The minimum absolute atomic E-state index is 0.0384. The fourth-order valence-electron chi connectivity index (χ4n) is 2.09. The van der Waals surface area contributed by atoms with Crippen molar-refractivity contribution < 1.29 is 29.0 Å². The van der Waals surface area contributed by atoms with Crippen LogP contribution in [0.2, 0.25) is 0 Å². The maximum Gasteiger partial charge on any atom is 0.338 e. The molecule has 0 saturated heterocycles. The summed E-state index contributed by atoms with van der Waals surface area (Å²) in [7, 11) is 1.49. The second-order valence-corrected chi connectivity index (χ2v) is 5.35. The second-order valence-electron chi connectivity index (χ2n) is 5.35. The molecule has 0 saturated carbocycles. The molecular formula is C17H19NO6. The number of carboxylic acids is 1. The number of likely N-dealkylation sites (N-methyl/N-ethyl adjacent to an activating group) is 1. The first-order chi connectivity index (χ1) is 11.5. The van der Waals surface area contributed by atoms with Crippen LogP contribution in [0.4, 0.5) is 0 Å². The molecule has 24 heavy (non-hydrogen) atoms. The van der Waals surface area contributed by atoms with Gasteiger partial charge in [-0.1, -0.05) is 30.3 Å². The van der Waals surface area contributed by atoms with Crippen LogP contribution in [0.1, 0.15) is 26.5 Å². The van der Waals surface area contributed by atoms with Crippen molar-refractivity contribution in [3.05, 3.63) is 59.5 Å². The van der Waals surface area contributed by atoms with Gasteiger partial charge in [-0.3, -0.25) is 4.79 Å². The first-order valence-corrected chi connectivity index (χ1v) is 7.34. The number of aromatic carboxylic acids is 1. The molecule has 1 aromatic heterocycles. The molecule has 0 aliphatic carbocycles. The number of carbonyl (C=O) groups excluding carboxylic acids is 1. The van der Waals surface area contributed by atoms with Crippen LogP contribution in [-0.4, -0.2) is 53.3 Å². The highest BCUT2D eigenvalue weighted by Crippen LogP contribution is 2.10. The Bertz CT molecular complexity index is 681. The molecule has 7 nitrogen and oxygen atoms in total. The summed E-state index contributed by atoms with van der Waals surface area (Å²) in [5, 5.41) is 18.8. The first kappa shape index (κ1) is 17.7. The minimum atomic E-state index is -1.17. The van der Waals surface area contributed by atoms with Crippen molar-refractivity contribution in [2.75, 3.05) is 20.2 Å². The topological polar surface area (TPSA) is 100 Å². The Kier molecular flexibility index (Phi) is 6.11. The van der Waals surface area contributed by atoms with Gasteiger partial charge in [0.1, 0.15) is 6.26 Å². The van der Waals surface area contributed by atoms with Crippen LogP contribution in [0.5, 0.6) is 0 Å². The number of carbonyl (C=O) groups is 2. The van der Waals surface area contributed by atoms with E-state index in [9.17, 15) is 14.7 Å². The maximum absolute atomic E-state index is 12.1. The number of ether oxygens (including phenoxy) is 1. The molecule has 2 N–H and O–H groups in total. The average Bonchev–Trinajstić information content (AvgIpc) is 3.05. The number of furan rings is 1. The molecule has 7 heteroatoms. The van der Waals surface area contributed by atoms with E-state index in [-0.39, 0.29) is 24.5 Å². The van der Waals surface area contributed by atoms with E-state index in [2.05, 4.69) is 0 Å². The van der Waals surface area contributed by atoms with Crippen LogP contribution in [0.3, 0.4) is 0 Å². The van der Waals surface area contributed by atoms with Gasteiger partial charge in [0.15, 0.2) is 5.76 Å². The van der Waals surface area contributed by atoms with Gasteiger partial charge in [0.05, 0.1) is 24.9 Å². The molecular weight excluding hydrogens is 314 g/mol. The Morgan fingerprint density at radius 2 is 2.00 bits per heavy atom. The van der Waals surface area contributed by atoms with Crippen LogP contribution in [-0.2, 0) is 11.3 Å². The number of hydrogen-bond donors (Lipinski definition) is 2. The van der Waals surface area contributed by atoms with Crippen molar-refractivity contribution >= 4 is 11.9 Å². The van der Waals surface area contributed by atoms with E-state index in [0.717, 1.165) is 17.9 Å². The lowest BCUT2D eigenvalue weighted by Crippen LogP contribution is -2.36. The smallest absolute Gasteiger partial charge is 0.338 e. The largest absolute Gasteiger partial charge is 0.478 e. The number of aliphatic hydroxyl groups is 1. The first-order valence-electron chi connectivity index (χ1n) is 7.34. The molecule has 0 aliphatic heterocycles. The molecule has 1 amide bonds. The summed E-state index contributed by atoms with van der Waals surface area (Å²) in [4.78, 5) is 24.1. The van der Waals surface area contributed by atoms with E-state index < -0.39 is 18.0 Å². The van der Waals surface area contributed by atoms with Crippen molar-refractivity contribution in [1.29, 1.82) is 0 Å². The lowest BCUT2D eigenvalue weighted by atomic mass is 10.2. The third-order valence-electron chi connectivity index (χ3n) is 3.31. The van der Waals surface area contributed by atoms with Gasteiger partial charge in [-0.2, -0.15) is 0 Å². The van der Waals surface area contributed by atoms with Gasteiger partial charge in [0.25, 0.3) is 5.91 Å². The molecule has 2 aromatic rings. The van der Waals surface area contributed by atoms with Crippen LogP contribution < -0.4 is 0 Å². The molecule has 0 aliphatic rings. The zero-order chi connectivity index (χ0) is 17.5. The van der Waals surface area contributed by atoms with Gasteiger partial charge in [-0.05, 0) is 5.56 Å². The van der Waals surface area contributed by atoms with Crippen molar-refractivity contribution in [3.8, 4) is 0 Å². The normalized spacial score (nSPS) is 11.9. The highest BCUT2D eigenvalue weighted by Gasteiger charge is 2.20. The fraction of sp³-hybridized carbons (Fsp3) is 0.294. The van der Waals surface area contributed by atoms with Gasteiger partial charge >= 0.3 is 5.97 Å². The van der Waals surface area contributed by atoms with Crippen molar-refractivity contribution in [2.45, 2.75) is 12.7 Å². The van der Waals surface area contributed by atoms with Crippen LogP contribution in [0, 0.1) is 0 Å². The predicted octanol–water partition coefficient (Wildman–Crippen LogP) is 1.63. The highest BCUT2D eigenvalue weighted by molar-refractivity contribution is 5.95. The molecule has 1 unspecified atom stereocenters. The molecule has 0 spiro atoms. The SMILES string of the molecule is CN(CC(O)COCc1ccccc1)C(=O)c1cc(C(=O)O)co1. The molecule has 1 atom stereocenters. The molecule has 128 valence electrons. The number of amides is 1. The Hall–Kier alpha value is -2.64. The van der Waals surface area contributed by atoms with E-state index in [4.69, 9.17) is 14.3 Å². The lowest BCUT2D eigenvalue weighted by Gasteiger charge is -2.19. The number of hydrogen-bond acceptors (Lipinski definition) is 5. The summed E-state index contributed by atoms with van der Waals surface area (Å²) in [6, 6.07) is 10.7. The lowest BCUT2D eigenvalue weighted by molar-refractivity contribution is 0.0131. The molecule has 0 radical (unpaired) electrons. The second kappa shape index (κ2) is 8.28. The fourth-order valence-corrected chi connectivity index (χ4v) is 2.09. The molecule has 1 heterocycles. The zero-order valence-corrected chi connectivity index (χ0v) is 13.2. The Balaban J connectivity index is 1.78. The van der Waals surface area contributed by atoms with Crippen molar-refractivity contribution in [3.63, 3.8) is 0 Å². The number of rotatable bonds is 8. The summed E-state index contributed by atoms with van der Waals surface area (Å²) < 4.78 is 10.4. The highest BCUT2D eigenvalue weighted by atomic mass is 16.5. The summed E-state index contributed by atoms with van der Waals surface area (Å²) in [5.41, 5.74) is 0.893. The quantitative estimate of drug-likeness (QED) is 0.761. The summed E-state index contributed by atoms with van der Waals surface area (Å²) in [5.74, 6) is -1.77. The zero-order valence-electron chi connectivity index (χ0n) is 13.2. The molecule has 0 bridgehead atoms. The maximum atomic E-state index is 12.1. The monoisotopic (exact) mass is 333 g/mol. The van der Waals surface area contributed by atoms with E-state index in [1.807, 2.05) is 30.3 Å². The minimum Gasteiger partial charge on any atom is -0.478 e. The molecule has 2 rings (SSSR count). The predicted molar refractivity (Wildman–Crippen MR) is 84.7 cm³/mol. The van der Waals surface area contributed by atoms with E-state index in [0.29, 0.717) is 6.61 Å².